The number of para-hydroxylation sites is 3. The lowest BCUT2D eigenvalue weighted by Gasteiger charge is -2.26. The first-order valence-electron chi connectivity index (χ1n) is 6.97. The summed E-state index contributed by atoms with van der Waals surface area (Å²) in [7, 11) is 1.71. The zero-order valence-corrected chi connectivity index (χ0v) is 12.2. The highest BCUT2D eigenvalue weighted by atomic mass is 16.5. The number of rotatable bonds is 6. The fraction of sp³-hybridized carbons (Fsp3) is 0.294. The van der Waals surface area contributed by atoms with Crippen molar-refractivity contribution in [2.75, 3.05) is 24.3 Å². The normalized spacial score (nSPS) is 10.3. The Morgan fingerprint density at radius 1 is 1.05 bits per heavy atom. The van der Waals surface area contributed by atoms with Crippen molar-refractivity contribution in [3.05, 3.63) is 54.1 Å². The van der Waals surface area contributed by atoms with Crippen LogP contribution in [0.15, 0.2) is 48.5 Å². The van der Waals surface area contributed by atoms with E-state index in [1.54, 1.807) is 7.11 Å². The fourth-order valence-corrected chi connectivity index (χ4v) is 2.37. The van der Waals surface area contributed by atoms with Crippen LogP contribution in [0.5, 0.6) is 5.75 Å². The van der Waals surface area contributed by atoms with Crippen LogP contribution in [0.4, 0.5) is 11.4 Å². The maximum atomic E-state index is 6.10. The van der Waals surface area contributed by atoms with E-state index in [2.05, 4.69) is 24.0 Å². The SMILES string of the molecule is CCCN(Cc1ccccc1OC)c1ccccc1N. The number of nitrogens with two attached hydrogens (primary N) is 1. The molecule has 0 aromatic heterocycles. The van der Waals surface area contributed by atoms with E-state index in [1.807, 2.05) is 36.4 Å². The predicted molar refractivity (Wildman–Crippen MR) is 85.2 cm³/mol. The van der Waals surface area contributed by atoms with Gasteiger partial charge in [0.1, 0.15) is 5.75 Å². The van der Waals surface area contributed by atoms with E-state index in [1.165, 1.54) is 5.56 Å². The summed E-state index contributed by atoms with van der Waals surface area (Å²) in [4.78, 5) is 2.30. The van der Waals surface area contributed by atoms with Crippen molar-refractivity contribution < 1.29 is 4.74 Å². The van der Waals surface area contributed by atoms with Crippen molar-refractivity contribution in [1.29, 1.82) is 0 Å². The minimum Gasteiger partial charge on any atom is -0.496 e. The Hall–Kier alpha value is -2.16. The topological polar surface area (TPSA) is 38.5 Å². The molecule has 20 heavy (non-hydrogen) atoms. The van der Waals surface area contributed by atoms with Gasteiger partial charge in [-0.2, -0.15) is 0 Å². The molecule has 0 saturated carbocycles. The van der Waals surface area contributed by atoms with Crippen molar-refractivity contribution in [3.8, 4) is 5.75 Å². The molecule has 2 aromatic carbocycles. The first-order valence-corrected chi connectivity index (χ1v) is 6.97. The number of hydrogen-bond acceptors (Lipinski definition) is 3. The van der Waals surface area contributed by atoms with Crippen molar-refractivity contribution in [3.63, 3.8) is 0 Å². The first-order chi connectivity index (χ1) is 9.76. The van der Waals surface area contributed by atoms with Crippen LogP contribution >= 0.6 is 0 Å². The van der Waals surface area contributed by atoms with Gasteiger partial charge in [0.2, 0.25) is 0 Å². The highest BCUT2D eigenvalue weighted by Crippen LogP contribution is 2.27. The number of benzene rings is 2. The largest absolute Gasteiger partial charge is 0.496 e. The van der Waals surface area contributed by atoms with Crippen LogP contribution in [0.25, 0.3) is 0 Å². The molecule has 2 rings (SSSR count). The van der Waals surface area contributed by atoms with Gasteiger partial charge in [-0.25, -0.2) is 0 Å². The highest BCUT2D eigenvalue weighted by Gasteiger charge is 2.11. The highest BCUT2D eigenvalue weighted by molar-refractivity contribution is 5.67. The lowest BCUT2D eigenvalue weighted by atomic mass is 10.1. The van der Waals surface area contributed by atoms with E-state index in [9.17, 15) is 0 Å². The monoisotopic (exact) mass is 270 g/mol. The maximum absolute atomic E-state index is 6.10. The Labute approximate surface area is 121 Å². The van der Waals surface area contributed by atoms with Crippen LogP contribution in [-0.4, -0.2) is 13.7 Å². The molecule has 0 aliphatic carbocycles. The molecular formula is C17H22N2O. The predicted octanol–water partition coefficient (Wildman–Crippen LogP) is 3.69. The minimum absolute atomic E-state index is 0.798. The van der Waals surface area contributed by atoms with Gasteiger partial charge in [-0.1, -0.05) is 37.3 Å². The van der Waals surface area contributed by atoms with Crippen molar-refractivity contribution in [2.24, 2.45) is 0 Å². The molecule has 0 unspecified atom stereocenters. The van der Waals surface area contributed by atoms with Gasteiger partial charge < -0.3 is 15.4 Å². The summed E-state index contributed by atoms with van der Waals surface area (Å²) in [5.74, 6) is 0.920. The molecule has 2 aromatic rings. The number of methoxy groups -OCH3 is 1. The first kappa shape index (κ1) is 14.3. The van der Waals surface area contributed by atoms with Crippen LogP contribution in [0.1, 0.15) is 18.9 Å². The number of anilines is 2. The molecule has 0 fully saturated rings. The van der Waals surface area contributed by atoms with E-state index in [4.69, 9.17) is 10.5 Å². The smallest absolute Gasteiger partial charge is 0.123 e. The molecule has 106 valence electrons. The summed E-state index contributed by atoms with van der Waals surface area (Å²) in [6, 6.07) is 16.1. The van der Waals surface area contributed by atoms with Crippen molar-refractivity contribution >= 4 is 11.4 Å². The second-order valence-corrected chi connectivity index (χ2v) is 4.79. The molecule has 0 aliphatic rings. The second kappa shape index (κ2) is 6.85. The van der Waals surface area contributed by atoms with Crippen LogP contribution in [-0.2, 0) is 6.54 Å². The number of ether oxygens (including phenoxy) is 1. The Morgan fingerprint density at radius 3 is 2.45 bits per heavy atom. The van der Waals surface area contributed by atoms with Gasteiger partial charge in [0.05, 0.1) is 18.5 Å². The van der Waals surface area contributed by atoms with Crippen LogP contribution < -0.4 is 15.4 Å². The minimum atomic E-state index is 0.798. The van der Waals surface area contributed by atoms with Gasteiger partial charge in [-0.15, -0.1) is 0 Å². The third kappa shape index (κ3) is 3.23. The summed E-state index contributed by atoms with van der Waals surface area (Å²) in [5, 5.41) is 0. The van der Waals surface area contributed by atoms with Crippen molar-refractivity contribution in [1.82, 2.24) is 0 Å². The molecule has 0 radical (unpaired) electrons. The number of hydrogen-bond donors (Lipinski definition) is 1. The Kier molecular flexibility index (Phi) is 4.88. The third-order valence-electron chi connectivity index (χ3n) is 3.32. The van der Waals surface area contributed by atoms with E-state index < -0.39 is 0 Å². The molecule has 2 N–H and O–H groups in total. The van der Waals surface area contributed by atoms with E-state index in [0.29, 0.717) is 0 Å². The quantitative estimate of drug-likeness (QED) is 0.813. The maximum Gasteiger partial charge on any atom is 0.123 e. The van der Waals surface area contributed by atoms with Gasteiger partial charge in [0, 0.05) is 18.7 Å². The van der Waals surface area contributed by atoms with Gasteiger partial charge in [0.25, 0.3) is 0 Å². The third-order valence-corrected chi connectivity index (χ3v) is 3.32. The van der Waals surface area contributed by atoms with Crippen LogP contribution in [0.2, 0.25) is 0 Å². The molecule has 0 atom stereocenters. The number of nitrogen functional groups attached to an aromatic ring is 1. The van der Waals surface area contributed by atoms with E-state index in [-0.39, 0.29) is 0 Å². The summed E-state index contributed by atoms with van der Waals surface area (Å²) >= 11 is 0. The lowest BCUT2D eigenvalue weighted by molar-refractivity contribution is 0.409. The zero-order valence-electron chi connectivity index (χ0n) is 12.2. The van der Waals surface area contributed by atoms with Gasteiger partial charge in [-0.05, 0) is 24.6 Å². The summed E-state index contributed by atoms with van der Waals surface area (Å²) in [6.07, 6.45) is 1.07. The van der Waals surface area contributed by atoms with E-state index >= 15 is 0 Å². The number of nitrogens with zero attached hydrogens (tertiary/aromatic N) is 1. The second-order valence-electron chi connectivity index (χ2n) is 4.79. The average molecular weight is 270 g/mol. The summed E-state index contributed by atoms with van der Waals surface area (Å²) in [6.45, 7) is 3.94. The average Bonchev–Trinajstić information content (AvgIpc) is 2.48. The lowest BCUT2D eigenvalue weighted by Crippen LogP contribution is -2.24. The van der Waals surface area contributed by atoms with Crippen LogP contribution in [0, 0.1) is 0 Å². The standard InChI is InChI=1S/C17H22N2O/c1-3-12-19(16-10-6-5-9-15(16)18)13-14-8-4-7-11-17(14)20-2/h4-11H,3,12-13,18H2,1-2H3. The molecule has 3 nitrogen and oxygen atoms in total. The fourth-order valence-electron chi connectivity index (χ4n) is 2.37. The molecular weight excluding hydrogens is 248 g/mol. The molecule has 0 bridgehead atoms. The molecule has 0 amide bonds. The van der Waals surface area contributed by atoms with Crippen molar-refractivity contribution in [2.45, 2.75) is 19.9 Å². The van der Waals surface area contributed by atoms with Gasteiger partial charge >= 0.3 is 0 Å². The molecule has 0 heterocycles. The van der Waals surface area contributed by atoms with E-state index in [0.717, 1.165) is 36.6 Å². The zero-order chi connectivity index (χ0) is 14.4. The Balaban J connectivity index is 2.28. The molecule has 3 heteroatoms. The van der Waals surface area contributed by atoms with Crippen LogP contribution in [0.3, 0.4) is 0 Å². The molecule has 0 saturated heterocycles. The van der Waals surface area contributed by atoms with Gasteiger partial charge in [0.15, 0.2) is 0 Å². The molecule has 0 aliphatic heterocycles. The summed E-state index contributed by atoms with van der Waals surface area (Å²) < 4.78 is 5.43. The summed E-state index contributed by atoms with van der Waals surface area (Å²) in [5.41, 5.74) is 9.18. The Bertz CT molecular complexity index is 554. The van der Waals surface area contributed by atoms with Gasteiger partial charge in [-0.3, -0.25) is 0 Å². The molecule has 0 spiro atoms. The Morgan fingerprint density at radius 2 is 1.75 bits per heavy atom.